The van der Waals surface area contributed by atoms with Gasteiger partial charge < -0.3 is 4.74 Å². The maximum Gasteiger partial charge on any atom is 0.338 e. The fourth-order valence-electron chi connectivity index (χ4n) is 0.990. The molecule has 0 aliphatic carbocycles. The van der Waals surface area contributed by atoms with Gasteiger partial charge >= 0.3 is 5.97 Å². The van der Waals surface area contributed by atoms with E-state index in [1.807, 2.05) is 45.9 Å². The van der Waals surface area contributed by atoms with Crippen LogP contribution in [0.1, 0.15) is 38.1 Å². The van der Waals surface area contributed by atoms with E-state index in [1.54, 1.807) is 12.1 Å². The van der Waals surface area contributed by atoms with Crippen LogP contribution in [-0.4, -0.2) is 11.6 Å². The number of carbonyl (C=O) groups is 1. The highest BCUT2D eigenvalue weighted by Gasteiger charge is 2.27. The van der Waals surface area contributed by atoms with Crippen LogP contribution in [0.5, 0.6) is 0 Å². The minimum Gasteiger partial charge on any atom is -0.456 e. The van der Waals surface area contributed by atoms with Gasteiger partial charge in [-0.3, -0.25) is 0 Å². The third kappa shape index (κ3) is 3.08. The van der Waals surface area contributed by atoms with Crippen molar-refractivity contribution in [2.75, 3.05) is 0 Å². The van der Waals surface area contributed by atoms with Crippen molar-refractivity contribution in [3.05, 3.63) is 35.9 Å². The largest absolute Gasteiger partial charge is 0.456 e. The number of hydrogen-bond acceptors (Lipinski definition) is 2. The number of carbonyl (C=O) groups excluding carboxylic acids is 1. The van der Waals surface area contributed by atoms with E-state index in [0.29, 0.717) is 11.5 Å². The second-order valence-electron chi connectivity index (χ2n) is 4.51. The molecule has 1 rings (SSSR count). The van der Waals surface area contributed by atoms with Crippen molar-refractivity contribution in [1.29, 1.82) is 0 Å². The molecule has 0 aliphatic rings. The lowest BCUT2D eigenvalue weighted by atomic mass is 9.94. The molecule has 0 aliphatic heterocycles. The molecule has 0 saturated carbocycles. The Hall–Kier alpha value is -1.31. The molecule has 0 amide bonds. The van der Waals surface area contributed by atoms with Gasteiger partial charge in [0.05, 0.1) is 5.56 Å². The van der Waals surface area contributed by atoms with Gasteiger partial charge in [-0.25, -0.2) is 4.79 Å². The summed E-state index contributed by atoms with van der Waals surface area (Å²) >= 11 is 0. The van der Waals surface area contributed by atoms with Gasteiger partial charge in [0.15, 0.2) is 0 Å². The second kappa shape index (κ2) is 4.47. The van der Waals surface area contributed by atoms with Crippen LogP contribution >= 0.6 is 0 Å². The molecule has 0 fully saturated rings. The molecular formula is C13H18O2. The summed E-state index contributed by atoms with van der Waals surface area (Å²) in [6.07, 6.45) is 0. The summed E-state index contributed by atoms with van der Waals surface area (Å²) in [7, 11) is 0. The molecule has 0 saturated heterocycles. The van der Waals surface area contributed by atoms with E-state index in [4.69, 9.17) is 4.74 Å². The molecule has 0 bridgehead atoms. The number of hydrogen-bond donors (Lipinski definition) is 0. The average Bonchev–Trinajstić information content (AvgIpc) is 2.18. The first-order valence-electron chi connectivity index (χ1n) is 5.22. The molecule has 1 aromatic carbocycles. The van der Waals surface area contributed by atoms with Crippen LogP contribution in [0, 0.1) is 5.92 Å². The Bertz CT molecular complexity index is 326. The third-order valence-electron chi connectivity index (χ3n) is 2.76. The Morgan fingerprint density at radius 2 is 1.73 bits per heavy atom. The molecule has 0 atom stereocenters. The third-order valence-corrected chi connectivity index (χ3v) is 2.76. The minimum absolute atomic E-state index is 0.255. The van der Waals surface area contributed by atoms with E-state index in [1.165, 1.54) is 0 Å². The molecule has 2 nitrogen and oxygen atoms in total. The van der Waals surface area contributed by atoms with Gasteiger partial charge in [-0.05, 0) is 31.9 Å². The molecular weight excluding hydrogens is 188 g/mol. The smallest absolute Gasteiger partial charge is 0.338 e. The lowest BCUT2D eigenvalue weighted by Crippen LogP contribution is -2.33. The van der Waals surface area contributed by atoms with Gasteiger partial charge in [0.1, 0.15) is 5.60 Å². The van der Waals surface area contributed by atoms with Gasteiger partial charge in [-0.1, -0.05) is 32.0 Å². The normalized spacial score (nSPS) is 11.5. The van der Waals surface area contributed by atoms with Gasteiger partial charge in [0, 0.05) is 0 Å². The van der Waals surface area contributed by atoms with Crippen LogP contribution < -0.4 is 0 Å². The molecule has 15 heavy (non-hydrogen) atoms. The molecule has 0 unspecified atom stereocenters. The maximum atomic E-state index is 11.7. The summed E-state index contributed by atoms with van der Waals surface area (Å²) in [6.45, 7) is 7.94. The first kappa shape index (κ1) is 11.8. The number of benzene rings is 1. The van der Waals surface area contributed by atoms with Crippen LogP contribution in [0.3, 0.4) is 0 Å². The summed E-state index contributed by atoms with van der Waals surface area (Å²) in [5.74, 6) is 0.0412. The Morgan fingerprint density at radius 1 is 1.20 bits per heavy atom. The van der Waals surface area contributed by atoms with Crippen LogP contribution in [0.4, 0.5) is 0 Å². The number of rotatable bonds is 3. The Labute approximate surface area is 91.3 Å². The van der Waals surface area contributed by atoms with E-state index in [-0.39, 0.29) is 5.97 Å². The van der Waals surface area contributed by atoms with Crippen molar-refractivity contribution in [2.24, 2.45) is 5.92 Å². The Kier molecular flexibility index (Phi) is 3.51. The lowest BCUT2D eigenvalue weighted by molar-refractivity contribution is -0.0222. The number of esters is 1. The lowest BCUT2D eigenvalue weighted by Gasteiger charge is -2.29. The molecule has 0 spiro atoms. The molecule has 0 aromatic heterocycles. The molecule has 0 heterocycles. The summed E-state index contributed by atoms with van der Waals surface area (Å²) in [5.41, 5.74) is 0.179. The first-order valence-corrected chi connectivity index (χ1v) is 5.22. The zero-order chi connectivity index (χ0) is 11.5. The predicted molar refractivity (Wildman–Crippen MR) is 60.8 cm³/mol. The van der Waals surface area contributed by atoms with Crippen molar-refractivity contribution < 1.29 is 9.53 Å². The summed E-state index contributed by atoms with van der Waals surface area (Å²) in [5, 5.41) is 0. The van der Waals surface area contributed by atoms with Gasteiger partial charge in [-0.15, -0.1) is 0 Å². The highest BCUT2D eigenvalue weighted by Crippen LogP contribution is 2.21. The van der Waals surface area contributed by atoms with Crippen molar-refractivity contribution >= 4 is 5.97 Å². The highest BCUT2D eigenvalue weighted by molar-refractivity contribution is 5.89. The van der Waals surface area contributed by atoms with Crippen molar-refractivity contribution in [2.45, 2.75) is 33.3 Å². The fourth-order valence-corrected chi connectivity index (χ4v) is 0.990. The predicted octanol–water partition coefficient (Wildman–Crippen LogP) is 3.28. The second-order valence-corrected chi connectivity index (χ2v) is 4.51. The van der Waals surface area contributed by atoms with E-state index in [2.05, 4.69) is 0 Å². The molecule has 82 valence electrons. The standard InChI is InChI=1S/C13H18O2/c1-10(2)13(3,4)15-12(14)11-8-6-5-7-9-11/h5-10H,1-4H3. The SMILES string of the molecule is CC(C)C(C)(C)OC(=O)c1ccccc1. The van der Waals surface area contributed by atoms with E-state index in [0.717, 1.165) is 0 Å². The van der Waals surface area contributed by atoms with Crippen LogP contribution in [0.15, 0.2) is 30.3 Å². The average molecular weight is 206 g/mol. The topological polar surface area (TPSA) is 26.3 Å². The quantitative estimate of drug-likeness (QED) is 0.709. The minimum atomic E-state index is -0.424. The van der Waals surface area contributed by atoms with Crippen LogP contribution in [-0.2, 0) is 4.74 Å². The summed E-state index contributed by atoms with van der Waals surface area (Å²) in [4.78, 5) is 11.7. The van der Waals surface area contributed by atoms with Crippen molar-refractivity contribution in [1.82, 2.24) is 0 Å². The van der Waals surface area contributed by atoms with Gasteiger partial charge in [0.2, 0.25) is 0 Å². The van der Waals surface area contributed by atoms with Crippen LogP contribution in [0.25, 0.3) is 0 Å². The van der Waals surface area contributed by atoms with Crippen molar-refractivity contribution in [3.8, 4) is 0 Å². The van der Waals surface area contributed by atoms with Gasteiger partial charge in [0.25, 0.3) is 0 Å². The van der Waals surface area contributed by atoms with Crippen LogP contribution in [0.2, 0.25) is 0 Å². The molecule has 0 N–H and O–H groups in total. The van der Waals surface area contributed by atoms with Crippen molar-refractivity contribution in [3.63, 3.8) is 0 Å². The molecule has 0 radical (unpaired) electrons. The number of ether oxygens (including phenoxy) is 1. The monoisotopic (exact) mass is 206 g/mol. The first-order chi connectivity index (χ1) is 6.93. The Morgan fingerprint density at radius 3 is 2.20 bits per heavy atom. The van der Waals surface area contributed by atoms with E-state index >= 15 is 0 Å². The maximum absolute atomic E-state index is 11.7. The zero-order valence-electron chi connectivity index (χ0n) is 9.78. The molecule has 1 aromatic rings. The van der Waals surface area contributed by atoms with Gasteiger partial charge in [-0.2, -0.15) is 0 Å². The van der Waals surface area contributed by atoms with E-state index < -0.39 is 5.60 Å². The summed E-state index contributed by atoms with van der Waals surface area (Å²) < 4.78 is 5.45. The zero-order valence-corrected chi connectivity index (χ0v) is 9.78. The highest BCUT2D eigenvalue weighted by atomic mass is 16.6. The summed E-state index contributed by atoms with van der Waals surface area (Å²) in [6, 6.07) is 9.07. The molecule has 2 heteroatoms. The Balaban J connectivity index is 2.73. The fraction of sp³-hybridized carbons (Fsp3) is 0.462. The van der Waals surface area contributed by atoms with E-state index in [9.17, 15) is 4.79 Å².